The summed E-state index contributed by atoms with van der Waals surface area (Å²) in [6, 6.07) is 12.6. The summed E-state index contributed by atoms with van der Waals surface area (Å²) in [6.07, 6.45) is 6.00. The molecule has 0 aromatic heterocycles. The van der Waals surface area contributed by atoms with Gasteiger partial charge in [-0.25, -0.2) is 0 Å². The Morgan fingerprint density at radius 2 is 2.00 bits per heavy atom. The summed E-state index contributed by atoms with van der Waals surface area (Å²) in [7, 11) is 0. The van der Waals surface area contributed by atoms with Crippen LogP contribution in [0.3, 0.4) is 0 Å². The first-order valence-corrected chi connectivity index (χ1v) is 8.40. The number of benzene rings is 2. The maximum atomic E-state index is 12.2. The quantitative estimate of drug-likeness (QED) is 0.785. The van der Waals surface area contributed by atoms with Crippen LogP contribution < -0.4 is 5.32 Å². The average Bonchev–Trinajstić information content (AvgIpc) is 2.54. The maximum absolute atomic E-state index is 12.2. The lowest BCUT2D eigenvalue weighted by Crippen LogP contribution is -2.24. The second-order valence-corrected chi connectivity index (χ2v) is 7.13. The van der Waals surface area contributed by atoms with Gasteiger partial charge in [0, 0.05) is 17.7 Å². The van der Waals surface area contributed by atoms with Crippen LogP contribution in [-0.2, 0) is 4.79 Å². The van der Waals surface area contributed by atoms with Gasteiger partial charge < -0.3 is 5.32 Å². The minimum absolute atomic E-state index is 0.113. The van der Waals surface area contributed by atoms with Gasteiger partial charge >= 0.3 is 0 Å². The van der Waals surface area contributed by atoms with Gasteiger partial charge in [-0.05, 0) is 34.1 Å². The van der Waals surface area contributed by atoms with Crippen molar-refractivity contribution in [3.63, 3.8) is 0 Å². The predicted octanol–water partition coefficient (Wildman–Crippen LogP) is 5.19. The average molecular weight is 307 g/mol. The third-order valence-corrected chi connectivity index (χ3v) is 5.51. The zero-order chi connectivity index (χ0) is 15.1. The molecular formula is C19H17NOS. The minimum Gasteiger partial charge on any atom is -0.325 e. The van der Waals surface area contributed by atoms with Gasteiger partial charge in [-0.1, -0.05) is 60.3 Å². The van der Waals surface area contributed by atoms with E-state index in [0.29, 0.717) is 6.42 Å². The van der Waals surface area contributed by atoms with E-state index in [2.05, 4.69) is 48.7 Å². The molecule has 2 aliphatic heterocycles. The number of thioether (sulfide) groups is 1. The van der Waals surface area contributed by atoms with E-state index in [1.54, 1.807) is 11.8 Å². The van der Waals surface area contributed by atoms with E-state index in [0.717, 1.165) is 17.5 Å². The molecule has 4 rings (SSSR count). The highest BCUT2D eigenvalue weighted by Crippen LogP contribution is 2.47. The van der Waals surface area contributed by atoms with E-state index in [-0.39, 0.29) is 11.8 Å². The number of carbonyl (C=O) groups excluding carboxylic acids is 1. The molecule has 0 aliphatic carbocycles. The third-order valence-electron chi connectivity index (χ3n) is 4.34. The first kappa shape index (κ1) is 13.6. The van der Waals surface area contributed by atoms with Gasteiger partial charge in [-0.2, -0.15) is 0 Å². The molecule has 2 heterocycles. The molecule has 0 saturated heterocycles. The van der Waals surface area contributed by atoms with Gasteiger partial charge in [0.05, 0.1) is 5.69 Å². The molecule has 0 saturated carbocycles. The summed E-state index contributed by atoms with van der Waals surface area (Å²) in [5.74, 6) is 0.296. The zero-order valence-electron chi connectivity index (χ0n) is 12.4. The number of anilines is 1. The van der Waals surface area contributed by atoms with Gasteiger partial charge in [0.15, 0.2) is 0 Å². The van der Waals surface area contributed by atoms with Gasteiger partial charge in [0.25, 0.3) is 0 Å². The lowest BCUT2D eigenvalue weighted by atomic mass is 9.87. The van der Waals surface area contributed by atoms with Crippen LogP contribution in [-0.4, -0.2) is 5.91 Å². The highest BCUT2D eigenvalue weighted by atomic mass is 32.2. The van der Waals surface area contributed by atoms with Gasteiger partial charge in [-0.15, -0.1) is 0 Å². The molecule has 22 heavy (non-hydrogen) atoms. The van der Waals surface area contributed by atoms with Crippen molar-refractivity contribution in [3.8, 4) is 0 Å². The Labute approximate surface area is 134 Å². The SMILES string of the molecule is CC1=CCC=C(C2CC(=O)Nc3c2ccc2ccccc32)S1. The van der Waals surface area contributed by atoms with E-state index in [1.165, 1.54) is 20.8 Å². The van der Waals surface area contributed by atoms with Crippen LogP contribution in [0.5, 0.6) is 0 Å². The second-order valence-electron chi connectivity index (χ2n) is 5.81. The molecule has 0 spiro atoms. The van der Waals surface area contributed by atoms with E-state index < -0.39 is 0 Å². The largest absolute Gasteiger partial charge is 0.325 e. The first-order valence-electron chi connectivity index (χ1n) is 7.58. The number of rotatable bonds is 1. The number of amides is 1. The molecule has 110 valence electrons. The van der Waals surface area contributed by atoms with E-state index in [4.69, 9.17) is 0 Å². The second kappa shape index (κ2) is 5.33. The molecule has 0 bridgehead atoms. The third kappa shape index (κ3) is 2.26. The topological polar surface area (TPSA) is 29.1 Å². The maximum Gasteiger partial charge on any atom is 0.225 e. The fourth-order valence-electron chi connectivity index (χ4n) is 3.28. The summed E-state index contributed by atoms with van der Waals surface area (Å²) in [6.45, 7) is 2.14. The van der Waals surface area contributed by atoms with Crippen LogP contribution in [0.25, 0.3) is 10.8 Å². The molecule has 2 aromatic rings. The van der Waals surface area contributed by atoms with Crippen LogP contribution in [0, 0.1) is 0 Å². The van der Waals surface area contributed by atoms with Gasteiger partial charge in [0.2, 0.25) is 5.91 Å². The predicted molar refractivity (Wildman–Crippen MR) is 94.0 cm³/mol. The zero-order valence-corrected chi connectivity index (χ0v) is 13.2. The summed E-state index contributed by atoms with van der Waals surface area (Å²) in [5.41, 5.74) is 2.24. The van der Waals surface area contributed by atoms with Gasteiger partial charge in [0.1, 0.15) is 0 Å². The summed E-state index contributed by atoms with van der Waals surface area (Å²) < 4.78 is 0. The van der Waals surface area contributed by atoms with Crippen molar-refractivity contribution in [2.75, 3.05) is 5.32 Å². The smallest absolute Gasteiger partial charge is 0.225 e. The van der Waals surface area contributed by atoms with Gasteiger partial charge in [-0.3, -0.25) is 4.79 Å². The summed E-state index contributed by atoms with van der Waals surface area (Å²) >= 11 is 1.81. The minimum atomic E-state index is 0.113. The molecule has 0 fully saturated rings. The van der Waals surface area contributed by atoms with Crippen LogP contribution in [0.2, 0.25) is 0 Å². The molecule has 3 heteroatoms. The summed E-state index contributed by atoms with van der Waals surface area (Å²) in [4.78, 5) is 14.9. The number of hydrogen-bond donors (Lipinski definition) is 1. The van der Waals surface area contributed by atoms with Crippen molar-refractivity contribution in [3.05, 3.63) is 63.9 Å². The highest BCUT2D eigenvalue weighted by Gasteiger charge is 2.29. The van der Waals surface area contributed by atoms with Crippen LogP contribution >= 0.6 is 11.8 Å². The molecule has 1 N–H and O–H groups in total. The van der Waals surface area contributed by atoms with Crippen molar-refractivity contribution in [2.45, 2.75) is 25.7 Å². The van der Waals surface area contributed by atoms with Crippen LogP contribution in [0.4, 0.5) is 5.69 Å². The van der Waals surface area contributed by atoms with E-state index in [1.807, 2.05) is 12.1 Å². The number of allylic oxidation sites excluding steroid dienone is 4. The number of hydrogen-bond acceptors (Lipinski definition) is 2. The molecule has 1 amide bonds. The number of nitrogens with one attached hydrogen (secondary N) is 1. The van der Waals surface area contributed by atoms with Crippen molar-refractivity contribution in [1.29, 1.82) is 0 Å². The lowest BCUT2D eigenvalue weighted by Gasteiger charge is -2.29. The van der Waals surface area contributed by atoms with Crippen molar-refractivity contribution < 1.29 is 4.79 Å². The van der Waals surface area contributed by atoms with Crippen molar-refractivity contribution >= 4 is 34.1 Å². The Kier molecular flexibility index (Phi) is 3.30. The Morgan fingerprint density at radius 3 is 2.86 bits per heavy atom. The van der Waals surface area contributed by atoms with E-state index in [9.17, 15) is 4.79 Å². The number of fused-ring (bicyclic) bond motifs is 3. The van der Waals surface area contributed by atoms with Crippen molar-refractivity contribution in [1.82, 2.24) is 0 Å². The normalized spacial score (nSPS) is 21.0. The molecule has 2 aromatic carbocycles. The Balaban J connectivity index is 1.86. The highest BCUT2D eigenvalue weighted by molar-refractivity contribution is 8.06. The summed E-state index contributed by atoms with van der Waals surface area (Å²) in [5, 5.41) is 5.39. The standard InChI is InChI=1S/C19H17NOS/c1-12-5-4-8-17(22-12)16-11-18(21)20-19-14-7-3-2-6-13(14)9-10-15(16)19/h2-3,5-10,16H,4,11H2,1H3,(H,20,21). The van der Waals surface area contributed by atoms with E-state index >= 15 is 0 Å². The lowest BCUT2D eigenvalue weighted by molar-refractivity contribution is -0.116. The fraction of sp³-hybridized carbons (Fsp3) is 0.211. The Hall–Kier alpha value is -2.00. The van der Waals surface area contributed by atoms with Crippen molar-refractivity contribution in [2.24, 2.45) is 0 Å². The van der Waals surface area contributed by atoms with Crippen LogP contribution in [0.1, 0.15) is 31.2 Å². The Bertz CT molecular complexity index is 834. The fourth-order valence-corrected chi connectivity index (χ4v) is 4.37. The number of carbonyl (C=O) groups is 1. The van der Waals surface area contributed by atoms with Crippen LogP contribution in [0.15, 0.2) is 58.4 Å². The molecule has 2 aliphatic rings. The monoisotopic (exact) mass is 307 g/mol. The molecule has 2 nitrogen and oxygen atoms in total. The Morgan fingerprint density at radius 1 is 1.14 bits per heavy atom. The first-order chi connectivity index (χ1) is 10.7. The molecule has 1 atom stereocenters. The molecular weight excluding hydrogens is 290 g/mol. The molecule has 1 unspecified atom stereocenters. The molecule has 0 radical (unpaired) electrons.